The van der Waals surface area contributed by atoms with Gasteiger partial charge in [-0.3, -0.25) is 4.98 Å². The standard InChI is InChI=1S/C20H14N4.C9H7N.Mn/c1-2-14-10-16-5-6-18(23-16)12-20-8-7-19(24-20)11-17-4-3-15(22-17)9-13(1)21-14;1-2-6-9-8(4-1)5-3-7-10-9;/h1-12,21-22H;1-7H;. The van der Waals surface area contributed by atoms with Crippen LogP contribution in [-0.2, 0) is 17.1 Å². The first-order valence-electron chi connectivity index (χ1n) is 11.1. The van der Waals surface area contributed by atoms with Crippen LogP contribution in [0.1, 0.15) is 22.8 Å². The van der Waals surface area contributed by atoms with Crippen LogP contribution in [0.25, 0.3) is 57.3 Å². The molecule has 0 spiro atoms. The average molecular weight is 494 g/mol. The summed E-state index contributed by atoms with van der Waals surface area (Å²) in [6.45, 7) is 0. The first-order chi connectivity index (χ1) is 16.8. The number of pyridine rings is 1. The van der Waals surface area contributed by atoms with Gasteiger partial charge in [-0.1, -0.05) is 24.3 Å². The fourth-order valence-electron chi connectivity index (χ4n) is 3.96. The zero-order valence-corrected chi connectivity index (χ0v) is 19.9. The van der Waals surface area contributed by atoms with E-state index in [0.29, 0.717) is 0 Å². The average Bonchev–Trinajstić information content (AvgIpc) is 3.66. The van der Waals surface area contributed by atoms with E-state index in [1.165, 1.54) is 5.39 Å². The minimum absolute atomic E-state index is 0. The van der Waals surface area contributed by atoms with Crippen LogP contribution in [0, 0.1) is 0 Å². The number of hydrogen-bond acceptors (Lipinski definition) is 3. The molecule has 0 saturated carbocycles. The first kappa shape index (κ1) is 22.5. The minimum atomic E-state index is 0. The normalized spacial score (nSPS) is 11.5. The third-order valence-corrected chi connectivity index (χ3v) is 5.55. The number of aromatic nitrogens is 5. The predicted molar refractivity (Wildman–Crippen MR) is 141 cm³/mol. The van der Waals surface area contributed by atoms with Gasteiger partial charge in [0.25, 0.3) is 0 Å². The fourth-order valence-corrected chi connectivity index (χ4v) is 3.96. The number of H-pyrrole nitrogens is 2. The Labute approximate surface area is 212 Å². The van der Waals surface area contributed by atoms with E-state index in [1.807, 2.05) is 73.0 Å². The van der Waals surface area contributed by atoms with Gasteiger partial charge in [-0.15, -0.1) is 0 Å². The molecule has 2 N–H and O–H groups in total. The molecule has 6 heteroatoms. The summed E-state index contributed by atoms with van der Waals surface area (Å²) >= 11 is 0. The number of rotatable bonds is 0. The third-order valence-electron chi connectivity index (χ3n) is 5.55. The Bertz CT molecular complexity index is 1570. The molecule has 2 aliphatic rings. The zero-order valence-electron chi connectivity index (χ0n) is 18.7. The molecule has 6 heterocycles. The molecule has 1 aromatic carbocycles. The van der Waals surface area contributed by atoms with Gasteiger partial charge < -0.3 is 9.97 Å². The summed E-state index contributed by atoms with van der Waals surface area (Å²) in [7, 11) is 0. The van der Waals surface area contributed by atoms with Crippen LogP contribution < -0.4 is 0 Å². The van der Waals surface area contributed by atoms with Crippen LogP contribution in [0.5, 0.6) is 0 Å². The van der Waals surface area contributed by atoms with E-state index in [-0.39, 0.29) is 17.1 Å². The molecule has 7 rings (SSSR count). The van der Waals surface area contributed by atoms with Crippen LogP contribution in [0.2, 0.25) is 0 Å². The molecule has 2 aliphatic heterocycles. The van der Waals surface area contributed by atoms with Crippen molar-refractivity contribution in [2.24, 2.45) is 0 Å². The number of hydrogen-bond donors (Lipinski definition) is 2. The monoisotopic (exact) mass is 494 g/mol. The second kappa shape index (κ2) is 9.93. The van der Waals surface area contributed by atoms with Crippen LogP contribution in [0.3, 0.4) is 0 Å². The van der Waals surface area contributed by atoms with Gasteiger partial charge in [-0.25, -0.2) is 9.97 Å². The van der Waals surface area contributed by atoms with Crippen LogP contribution in [-0.4, -0.2) is 24.9 Å². The van der Waals surface area contributed by atoms with Crippen LogP contribution in [0.4, 0.5) is 0 Å². The van der Waals surface area contributed by atoms with Crippen molar-refractivity contribution in [1.29, 1.82) is 0 Å². The number of aromatic amines is 2. The van der Waals surface area contributed by atoms with Crippen molar-refractivity contribution in [3.05, 3.63) is 114 Å². The quantitative estimate of drug-likeness (QED) is 0.226. The first-order valence-corrected chi connectivity index (χ1v) is 11.1. The summed E-state index contributed by atoms with van der Waals surface area (Å²) in [5.74, 6) is 0. The van der Waals surface area contributed by atoms with Crippen LogP contribution >= 0.6 is 0 Å². The molecule has 35 heavy (non-hydrogen) atoms. The number of fused-ring (bicyclic) bond motifs is 9. The Hall–Kier alpha value is -4.25. The smallest absolute Gasteiger partial charge is 0.0701 e. The summed E-state index contributed by atoms with van der Waals surface area (Å²) in [5, 5.41) is 1.20. The maximum Gasteiger partial charge on any atom is 0.0701 e. The van der Waals surface area contributed by atoms with Crippen molar-refractivity contribution >= 4 is 57.3 Å². The Kier molecular flexibility index (Phi) is 6.40. The van der Waals surface area contributed by atoms with Gasteiger partial charge in [0, 0.05) is 50.7 Å². The molecule has 0 atom stereocenters. The molecule has 169 valence electrons. The zero-order chi connectivity index (χ0) is 22.7. The van der Waals surface area contributed by atoms with Crippen molar-refractivity contribution in [1.82, 2.24) is 24.9 Å². The summed E-state index contributed by atoms with van der Waals surface area (Å²) in [6.07, 6.45) is 9.86. The summed E-state index contributed by atoms with van der Waals surface area (Å²) in [6, 6.07) is 28.5. The molecule has 5 nitrogen and oxygen atoms in total. The number of nitrogens with zero attached hydrogens (tertiary/aromatic N) is 3. The Morgan fingerprint density at radius 2 is 0.971 bits per heavy atom. The molecule has 4 aromatic heterocycles. The van der Waals surface area contributed by atoms with E-state index in [2.05, 4.69) is 67.4 Å². The number of para-hydroxylation sites is 1. The second-order valence-corrected chi connectivity index (χ2v) is 8.10. The van der Waals surface area contributed by atoms with E-state index in [4.69, 9.17) is 0 Å². The van der Waals surface area contributed by atoms with Gasteiger partial charge in [0.05, 0.1) is 28.3 Å². The fraction of sp³-hybridized carbons (Fsp3) is 0. The number of nitrogens with one attached hydrogen (secondary N) is 2. The van der Waals surface area contributed by atoms with Gasteiger partial charge in [0.15, 0.2) is 0 Å². The molecule has 5 aromatic rings. The van der Waals surface area contributed by atoms with Crippen molar-refractivity contribution in [3.8, 4) is 0 Å². The molecule has 0 amide bonds. The van der Waals surface area contributed by atoms with E-state index >= 15 is 0 Å². The molecule has 0 aliphatic carbocycles. The van der Waals surface area contributed by atoms with E-state index < -0.39 is 0 Å². The van der Waals surface area contributed by atoms with E-state index in [9.17, 15) is 0 Å². The SMILES string of the molecule is C1=Cc2cc3ccc(cc4ccc(cc5nc(cc1n2)C=C5)[nH]4)[nH]3.[Mn].c1ccc2ncccc2c1. The van der Waals surface area contributed by atoms with Crippen LogP contribution in [0.15, 0.2) is 91.1 Å². The van der Waals surface area contributed by atoms with E-state index in [1.54, 1.807) is 0 Å². The van der Waals surface area contributed by atoms with Gasteiger partial charge >= 0.3 is 0 Å². The molecule has 8 bridgehead atoms. The van der Waals surface area contributed by atoms with Crippen molar-refractivity contribution in [2.75, 3.05) is 0 Å². The Morgan fingerprint density at radius 3 is 1.54 bits per heavy atom. The van der Waals surface area contributed by atoms with Gasteiger partial charge in [-0.05, 0) is 85.0 Å². The largest absolute Gasteiger partial charge is 0.355 e. The van der Waals surface area contributed by atoms with E-state index in [0.717, 1.165) is 50.4 Å². The molecular weight excluding hydrogens is 473 g/mol. The maximum absolute atomic E-state index is 4.62. The summed E-state index contributed by atoms with van der Waals surface area (Å²) in [5.41, 5.74) is 8.92. The molecule has 1 radical (unpaired) electrons. The molecule has 0 saturated heterocycles. The Morgan fingerprint density at radius 1 is 0.486 bits per heavy atom. The Balaban J connectivity index is 0.000000194. The maximum atomic E-state index is 4.62. The van der Waals surface area contributed by atoms with Gasteiger partial charge in [-0.2, -0.15) is 0 Å². The van der Waals surface area contributed by atoms with Crippen molar-refractivity contribution in [2.45, 2.75) is 0 Å². The predicted octanol–water partition coefficient (Wildman–Crippen LogP) is 6.89. The molecular formula is C29H21MnN5. The second-order valence-electron chi connectivity index (χ2n) is 8.10. The summed E-state index contributed by atoms with van der Waals surface area (Å²) in [4.78, 5) is 20.2. The molecule has 0 unspecified atom stereocenters. The minimum Gasteiger partial charge on any atom is -0.355 e. The van der Waals surface area contributed by atoms with Gasteiger partial charge in [0.2, 0.25) is 0 Å². The van der Waals surface area contributed by atoms with Gasteiger partial charge in [0.1, 0.15) is 0 Å². The topological polar surface area (TPSA) is 70.2 Å². The van der Waals surface area contributed by atoms with Crippen molar-refractivity contribution < 1.29 is 17.1 Å². The molecule has 0 fully saturated rings. The number of benzene rings is 1. The summed E-state index contributed by atoms with van der Waals surface area (Å²) < 4.78 is 0. The van der Waals surface area contributed by atoms with Crippen molar-refractivity contribution in [3.63, 3.8) is 0 Å². The third kappa shape index (κ3) is 5.30.